The number of amides is 1. The summed E-state index contributed by atoms with van der Waals surface area (Å²) in [6.07, 6.45) is -0.573. The number of para-hydroxylation sites is 1. The maximum atomic E-state index is 12.2. The molecule has 1 heterocycles. The Morgan fingerprint density at radius 2 is 2.19 bits per heavy atom. The second-order valence-electron chi connectivity index (χ2n) is 4.87. The molecule has 1 saturated heterocycles. The van der Waals surface area contributed by atoms with E-state index in [2.05, 4.69) is 21.2 Å². The van der Waals surface area contributed by atoms with Crippen LogP contribution in [-0.4, -0.2) is 41.8 Å². The van der Waals surface area contributed by atoms with Crippen LogP contribution in [0.2, 0.25) is 0 Å². The molecule has 2 rings (SSSR count). The van der Waals surface area contributed by atoms with Gasteiger partial charge in [-0.25, -0.2) is 4.79 Å². The molecule has 1 aliphatic rings. The van der Waals surface area contributed by atoms with Crippen LogP contribution < -0.4 is 10.1 Å². The van der Waals surface area contributed by atoms with Crippen molar-refractivity contribution in [3.05, 3.63) is 28.7 Å². The fourth-order valence-corrected chi connectivity index (χ4v) is 2.39. The van der Waals surface area contributed by atoms with Gasteiger partial charge in [-0.2, -0.15) is 0 Å². The Hall–Kier alpha value is -1.60. The third kappa shape index (κ3) is 3.54. The third-order valence-electron chi connectivity index (χ3n) is 3.30. The van der Waals surface area contributed by atoms with Crippen molar-refractivity contribution >= 4 is 27.8 Å². The molecule has 0 aliphatic carbocycles. The molecule has 0 saturated carbocycles. The van der Waals surface area contributed by atoms with E-state index >= 15 is 0 Å². The molecular formula is C14H16BrNO5. The highest BCUT2D eigenvalue weighted by atomic mass is 79.9. The van der Waals surface area contributed by atoms with E-state index in [1.165, 1.54) is 0 Å². The van der Waals surface area contributed by atoms with Crippen molar-refractivity contribution in [2.45, 2.75) is 25.0 Å². The van der Waals surface area contributed by atoms with Gasteiger partial charge in [0.05, 0.1) is 11.1 Å². The van der Waals surface area contributed by atoms with Gasteiger partial charge in [0.1, 0.15) is 5.75 Å². The van der Waals surface area contributed by atoms with E-state index in [4.69, 9.17) is 9.47 Å². The average Bonchev–Trinajstić information content (AvgIpc) is 2.91. The maximum absolute atomic E-state index is 12.2. The molecule has 6 nitrogen and oxygen atoms in total. The number of carbonyl (C=O) groups excluding carboxylic acids is 1. The van der Waals surface area contributed by atoms with Crippen LogP contribution in [0, 0.1) is 0 Å². The van der Waals surface area contributed by atoms with Gasteiger partial charge in [-0.1, -0.05) is 12.1 Å². The lowest BCUT2D eigenvalue weighted by molar-refractivity contribution is -0.148. The molecule has 1 fully saturated rings. The molecule has 0 spiro atoms. The first-order valence-corrected chi connectivity index (χ1v) is 7.28. The van der Waals surface area contributed by atoms with Gasteiger partial charge < -0.3 is 19.9 Å². The Labute approximate surface area is 130 Å². The van der Waals surface area contributed by atoms with E-state index in [0.29, 0.717) is 12.4 Å². The summed E-state index contributed by atoms with van der Waals surface area (Å²) in [5.74, 6) is -1.06. The van der Waals surface area contributed by atoms with Crippen molar-refractivity contribution in [2.75, 3.05) is 13.2 Å². The van der Waals surface area contributed by atoms with Crippen LogP contribution in [0.25, 0.3) is 0 Å². The second-order valence-corrected chi connectivity index (χ2v) is 5.72. The normalized spacial score (nSPS) is 22.6. The van der Waals surface area contributed by atoms with Crippen molar-refractivity contribution in [3.63, 3.8) is 0 Å². The summed E-state index contributed by atoms with van der Waals surface area (Å²) < 4.78 is 11.4. The minimum atomic E-state index is -1.36. The summed E-state index contributed by atoms with van der Waals surface area (Å²) in [5, 5.41) is 11.8. The van der Waals surface area contributed by atoms with E-state index in [0.717, 1.165) is 4.47 Å². The molecule has 1 amide bonds. The number of carbonyl (C=O) groups is 2. The molecule has 1 aromatic carbocycles. The molecule has 0 bridgehead atoms. The van der Waals surface area contributed by atoms with Gasteiger partial charge in [0.25, 0.3) is 5.91 Å². The summed E-state index contributed by atoms with van der Waals surface area (Å²) in [6.45, 7) is 1.85. The zero-order chi connectivity index (χ0) is 15.5. The molecule has 114 valence electrons. The van der Waals surface area contributed by atoms with Crippen molar-refractivity contribution in [3.8, 4) is 5.75 Å². The van der Waals surface area contributed by atoms with Crippen LogP contribution in [0.3, 0.4) is 0 Å². The van der Waals surface area contributed by atoms with E-state index in [1.54, 1.807) is 25.1 Å². The Morgan fingerprint density at radius 3 is 2.76 bits per heavy atom. The first kappa shape index (κ1) is 15.8. The number of carboxylic acid groups (broad SMARTS) is 1. The molecule has 7 heteroatoms. The summed E-state index contributed by atoms with van der Waals surface area (Å²) in [4.78, 5) is 23.5. The highest BCUT2D eigenvalue weighted by molar-refractivity contribution is 9.10. The average molecular weight is 358 g/mol. The number of carboxylic acids is 1. The van der Waals surface area contributed by atoms with Crippen molar-refractivity contribution in [1.29, 1.82) is 0 Å². The van der Waals surface area contributed by atoms with Gasteiger partial charge in [-0.3, -0.25) is 4.79 Å². The Morgan fingerprint density at radius 1 is 1.48 bits per heavy atom. The van der Waals surface area contributed by atoms with E-state index in [1.807, 2.05) is 6.07 Å². The van der Waals surface area contributed by atoms with Gasteiger partial charge in [0.2, 0.25) is 0 Å². The molecule has 2 N–H and O–H groups in total. The van der Waals surface area contributed by atoms with Gasteiger partial charge in [0.15, 0.2) is 11.6 Å². The lowest BCUT2D eigenvalue weighted by Gasteiger charge is -2.26. The number of hydrogen-bond donors (Lipinski definition) is 2. The van der Waals surface area contributed by atoms with E-state index in [9.17, 15) is 14.7 Å². The Bertz CT molecular complexity index is 542. The SMILES string of the molecule is CC(Oc1ccccc1Br)C(=O)NC1(C(=O)O)CCOC1. The van der Waals surface area contributed by atoms with Gasteiger partial charge in [-0.15, -0.1) is 0 Å². The molecule has 2 atom stereocenters. The van der Waals surface area contributed by atoms with Crippen LogP contribution in [0.5, 0.6) is 5.75 Å². The van der Waals surface area contributed by atoms with Crippen LogP contribution in [0.15, 0.2) is 28.7 Å². The number of aliphatic carboxylic acids is 1. The van der Waals surface area contributed by atoms with Crippen molar-refractivity contribution in [2.24, 2.45) is 0 Å². The minimum Gasteiger partial charge on any atom is -0.480 e. The first-order valence-electron chi connectivity index (χ1n) is 6.49. The molecule has 0 aromatic heterocycles. The summed E-state index contributed by atoms with van der Waals surface area (Å²) in [6, 6.07) is 7.13. The number of rotatable bonds is 5. The lowest BCUT2D eigenvalue weighted by atomic mass is 9.98. The molecule has 1 aromatic rings. The summed E-state index contributed by atoms with van der Waals surface area (Å²) in [5.41, 5.74) is -1.36. The molecular weight excluding hydrogens is 342 g/mol. The quantitative estimate of drug-likeness (QED) is 0.835. The standard InChI is InChI=1S/C14H16BrNO5/c1-9(21-11-5-3-2-4-10(11)15)12(17)16-14(13(18)19)6-7-20-8-14/h2-5,9H,6-8H2,1H3,(H,16,17)(H,18,19). The first-order chi connectivity index (χ1) is 9.94. The molecule has 0 radical (unpaired) electrons. The van der Waals surface area contributed by atoms with Gasteiger partial charge in [0, 0.05) is 13.0 Å². The molecule has 21 heavy (non-hydrogen) atoms. The predicted octanol–water partition coefficient (Wildman–Crippen LogP) is 1.58. The summed E-state index contributed by atoms with van der Waals surface area (Å²) in [7, 11) is 0. The smallest absolute Gasteiger partial charge is 0.331 e. The summed E-state index contributed by atoms with van der Waals surface area (Å²) >= 11 is 3.33. The predicted molar refractivity (Wildman–Crippen MR) is 78.2 cm³/mol. The zero-order valence-corrected chi connectivity index (χ0v) is 13.1. The van der Waals surface area contributed by atoms with E-state index < -0.39 is 23.5 Å². The molecule has 1 aliphatic heterocycles. The number of hydrogen-bond acceptors (Lipinski definition) is 4. The van der Waals surface area contributed by atoms with Crippen molar-refractivity contribution < 1.29 is 24.2 Å². The second kappa shape index (κ2) is 6.44. The lowest BCUT2D eigenvalue weighted by Crippen LogP contribution is -2.57. The Balaban J connectivity index is 2.03. The minimum absolute atomic E-state index is 0.0319. The zero-order valence-electron chi connectivity index (χ0n) is 11.5. The third-order valence-corrected chi connectivity index (χ3v) is 3.96. The fraction of sp³-hybridized carbons (Fsp3) is 0.429. The topological polar surface area (TPSA) is 84.9 Å². The maximum Gasteiger partial charge on any atom is 0.331 e. The van der Waals surface area contributed by atoms with Crippen molar-refractivity contribution in [1.82, 2.24) is 5.32 Å². The monoisotopic (exact) mass is 357 g/mol. The van der Waals surface area contributed by atoms with Crippen LogP contribution in [-0.2, 0) is 14.3 Å². The Kier molecular flexibility index (Phi) is 4.84. The number of benzene rings is 1. The highest BCUT2D eigenvalue weighted by Crippen LogP contribution is 2.25. The largest absolute Gasteiger partial charge is 0.480 e. The number of nitrogens with one attached hydrogen (secondary N) is 1. The molecule has 2 unspecified atom stereocenters. The van der Waals surface area contributed by atoms with Crippen LogP contribution >= 0.6 is 15.9 Å². The number of halogens is 1. The van der Waals surface area contributed by atoms with Crippen LogP contribution in [0.4, 0.5) is 0 Å². The highest BCUT2D eigenvalue weighted by Gasteiger charge is 2.44. The van der Waals surface area contributed by atoms with Gasteiger partial charge >= 0.3 is 5.97 Å². The van der Waals surface area contributed by atoms with E-state index in [-0.39, 0.29) is 13.0 Å². The van der Waals surface area contributed by atoms with Crippen LogP contribution in [0.1, 0.15) is 13.3 Å². The number of ether oxygens (including phenoxy) is 2. The fourth-order valence-electron chi connectivity index (χ4n) is 2.01. The van der Waals surface area contributed by atoms with Gasteiger partial charge in [-0.05, 0) is 35.0 Å².